The maximum absolute atomic E-state index is 10.1. The number of nitrogens with zero attached hydrogens (tertiary/aromatic N) is 1. The molecule has 0 aliphatic carbocycles. The minimum atomic E-state index is -0.220. The van der Waals surface area contributed by atoms with Gasteiger partial charge < -0.3 is 14.7 Å². The molecule has 1 aliphatic heterocycles. The van der Waals surface area contributed by atoms with E-state index >= 15 is 0 Å². The number of hydrogen-bond acceptors (Lipinski definition) is 3. The second-order valence-electron chi connectivity index (χ2n) is 6.35. The molecule has 1 heterocycles. The molecule has 0 spiro atoms. The van der Waals surface area contributed by atoms with E-state index in [4.69, 9.17) is 4.74 Å². The van der Waals surface area contributed by atoms with Gasteiger partial charge in [0, 0.05) is 18.5 Å². The zero-order valence-corrected chi connectivity index (χ0v) is 12.4. The van der Waals surface area contributed by atoms with Crippen LogP contribution in [0.5, 0.6) is 5.75 Å². The zero-order valence-electron chi connectivity index (χ0n) is 12.4. The van der Waals surface area contributed by atoms with Crippen LogP contribution in [0.4, 0.5) is 5.69 Å². The van der Waals surface area contributed by atoms with Gasteiger partial charge in [-0.2, -0.15) is 0 Å². The van der Waals surface area contributed by atoms with Gasteiger partial charge in [-0.3, -0.25) is 0 Å². The molecule has 0 amide bonds. The zero-order chi connectivity index (χ0) is 14.0. The Morgan fingerprint density at radius 1 is 1.32 bits per heavy atom. The van der Waals surface area contributed by atoms with Crippen LogP contribution in [-0.4, -0.2) is 30.4 Å². The van der Waals surface area contributed by atoms with Crippen LogP contribution in [0.15, 0.2) is 24.3 Å². The van der Waals surface area contributed by atoms with Crippen LogP contribution in [0.2, 0.25) is 0 Å². The summed E-state index contributed by atoms with van der Waals surface area (Å²) in [4.78, 5) is 2.32. The predicted molar refractivity (Wildman–Crippen MR) is 78.8 cm³/mol. The molecule has 3 heteroatoms. The lowest BCUT2D eigenvalue weighted by Crippen LogP contribution is -2.48. The van der Waals surface area contributed by atoms with E-state index in [9.17, 15) is 5.11 Å². The Kier molecular flexibility index (Phi) is 4.04. The number of hydrogen-bond donors (Lipinski definition) is 1. The molecule has 1 fully saturated rings. The Balaban J connectivity index is 2.22. The van der Waals surface area contributed by atoms with Gasteiger partial charge in [-0.05, 0) is 32.4 Å². The van der Waals surface area contributed by atoms with Gasteiger partial charge in [-0.15, -0.1) is 0 Å². The van der Waals surface area contributed by atoms with Gasteiger partial charge in [0.05, 0.1) is 17.9 Å². The number of aliphatic hydroxyl groups is 1. The summed E-state index contributed by atoms with van der Waals surface area (Å²) < 4.78 is 5.89. The highest BCUT2D eigenvalue weighted by Crippen LogP contribution is 2.36. The molecule has 1 aliphatic rings. The van der Waals surface area contributed by atoms with Crippen molar-refractivity contribution in [1.82, 2.24) is 0 Å². The highest BCUT2D eigenvalue weighted by molar-refractivity contribution is 5.59. The van der Waals surface area contributed by atoms with Gasteiger partial charge in [-0.1, -0.05) is 26.0 Å². The number of anilines is 1. The number of piperidine rings is 1. The van der Waals surface area contributed by atoms with Crippen molar-refractivity contribution in [2.45, 2.75) is 46.3 Å². The first-order chi connectivity index (χ1) is 8.90. The molecule has 2 rings (SSSR count). The van der Waals surface area contributed by atoms with Gasteiger partial charge in [0.2, 0.25) is 0 Å². The van der Waals surface area contributed by atoms with Crippen LogP contribution in [0.1, 0.15) is 34.1 Å². The van der Waals surface area contributed by atoms with Crippen molar-refractivity contribution in [3.63, 3.8) is 0 Å². The van der Waals surface area contributed by atoms with Crippen molar-refractivity contribution in [2.24, 2.45) is 5.41 Å². The number of benzene rings is 1. The van der Waals surface area contributed by atoms with E-state index in [2.05, 4.69) is 24.8 Å². The maximum atomic E-state index is 10.1. The van der Waals surface area contributed by atoms with Crippen molar-refractivity contribution < 1.29 is 9.84 Å². The molecule has 1 atom stereocenters. The molecule has 1 unspecified atom stereocenters. The van der Waals surface area contributed by atoms with Gasteiger partial charge >= 0.3 is 0 Å². The third-order valence-electron chi connectivity index (χ3n) is 3.74. The van der Waals surface area contributed by atoms with Crippen LogP contribution < -0.4 is 9.64 Å². The maximum Gasteiger partial charge on any atom is 0.142 e. The lowest BCUT2D eigenvalue weighted by atomic mass is 9.81. The van der Waals surface area contributed by atoms with Gasteiger partial charge in [0.15, 0.2) is 0 Å². The van der Waals surface area contributed by atoms with E-state index < -0.39 is 0 Å². The summed E-state index contributed by atoms with van der Waals surface area (Å²) in [5.74, 6) is 0.935. The Hall–Kier alpha value is -1.22. The molecule has 1 aromatic carbocycles. The lowest BCUT2D eigenvalue weighted by Gasteiger charge is -2.43. The van der Waals surface area contributed by atoms with Crippen LogP contribution in [-0.2, 0) is 0 Å². The fourth-order valence-corrected chi connectivity index (χ4v) is 2.62. The first-order valence-corrected chi connectivity index (χ1v) is 7.09. The molecule has 1 aromatic rings. The van der Waals surface area contributed by atoms with Crippen LogP contribution in [0.25, 0.3) is 0 Å². The molecule has 0 bridgehead atoms. The third-order valence-corrected chi connectivity index (χ3v) is 3.74. The lowest BCUT2D eigenvalue weighted by molar-refractivity contribution is 0.0334. The predicted octanol–water partition coefficient (Wildman–Crippen LogP) is 3.07. The highest BCUT2D eigenvalue weighted by Gasteiger charge is 2.35. The summed E-state index contributed by atoms with van der Waals surface area (Å²) in [6, 6.07) is 8.17. The quantitative estimate of drug-likeness (QED) is 0.909. The Morgan fingerprint density at radius 2 is 2.00 bits per heavy atom. The normalized spacial score (nSPS) is 22.6. The molecule has 1 saturated heterocycles. The van der Waals surface area contributed by atoms with Gasteiger partial charge in [0.1, 0.15) is 5.75 Å². The minimum Gasteiger partial charge on any atom is -0.489 e. The molecular weight excluding hydrogens is 238 g/mol. The molecule has 0 aromatic heterocycles. The first kappa shape index (κ1) is 14.2. The molecular formula is C16H25NO2. The van der Waals surface area contributed by atoms with Crippen LogP contribution in [0.3, 0.4) is 0 Å². The molecule has 19 heavy (non-hydrogen) atoms. The van der Waals surface area contributed by atoms with Crippen molar-refractivity contribution in [3.8, 4) is 5.75 Å². The van der Waals surface area contributed by atoms with Crippen LogP contribution >= 0.6 is 0 Å². The first-order valence-electron chi connectivity index (χ1n) is 7.09. The topological polar surface area (TPSA) is 32.7 Å². The number of ether oxygens (including phenoxy) is 1. The van der Waals surface area contributed by atoms with Gasteiger partial charge in [0.25, 0.3) is 0 Å². The SMILES string of the molecule is CC(C)Oc1ccccc1N1CCC(O)C(C)(C)C1. The van der Waals surface area contributed by atoms with E-state index in [1.165, 1.54) is 0 Å². The van der Waals surface area contributed by atoms with Crippen molar-refractivity contribution in [1.29, 1.82) is 0 Å². The van der Waals surface area contributed by atoms with E-state index in [0.717, 1.165) is 30.9 Å². The summed E-state index contributed by atoms with van der Waals surface area (Å²) in [5.41, 5.74) is 1.06. The van der Waals surface area contributed by atoms with E-state index in [1.807, 2.05) is 32.0 Å². The van der Waals surface area contributed by atoms with Gasteiger partial charge in [-0.25, -0.2) is 0 Å². The monoisotopic (exact) mass is 263 g/mol. The second-order valence-corrected chi connectivity index (χ2v) is 6.35. The Bertz CT molecular complexity index is 429. The Labute approximate surface area is 116 Å². The summed E-state index contributed by atoms with van der Waals surface area (Å²) in [7, 11) is 0. The number of para-hydroxylation sites is 2. The van der Waals surface area contributed by atoms with E-state index in [0.29, 0.717) is 0 Å². The van der Waals surface area contributed by atoms with E-state index in [1.54, 1.807) is 0 Å². The molecule has 106 valence electrons. The fourth-order valence-electron chi connectivity index (χ4n) is 2.62. The molecule has 0 radical (unpaired) electrons. The highest BCUT2D eigenvalue weighted by atomic mass is 16.5. The summed E-state index contributed by atoms with van der Waals surface area (Å²) in [6.45, 7) is 10.1. The number of aliphatic hydroxyl groups excluding tert-OH is 1. The summed E-state index contributed by atoms with van der Waals surface area (Å²) in [5, 5.41) is 10.1. The molecule has 0 saturated carbocycles. The average Bonchev–Trinajstić information content (AvgIpc) is 2.33. The third kappa shape index (κ3) is 3.21. The molecule has 1 N–H and O–H groups in total. The average molecular weight is 263 g/mol. The Morgan fingerprint density at radius 3 is 2.63 bits per heavy atom. The van der Waals surface area contributed by atoms with Crippen LogP contribution in [0, 0.1) is 5.41 Å². The summed E-state index contributed by atoms with van der Waals surface area (Å²) >= 11 is 0. The molecule has 3 nitrogen and oxygen atoms in total. The minimum absolute atomic E-state index is 0.0802. The number of rotatable bonds is 3. The summed E-state index contributed by atoms with van der Waals surface area (Å²) in [6.07, 6.45) is 0.759. The van der Waals surface area contributed by atoms with Crippen molar-refractivity contribution in [2.75, 3.05) is 18.0 Å². The smallest absolute Gasteiger partial charge is 0.142 e. The largest absolute Gasteiger partial charge is 0.489 e. The van der Waals surface area contributed by atoms with Crippen molar-refractivity contribution >= 4 is 5.69 Å². The van der Waals surface area contributed by atoms with E-state index in [-0.39, 0.29) is 17.6 Å². The standard InChI is InChI=1S/C16H25NO2/c1-12(2)19-14-8-6-5-7-13(14)17-10-9-15(18)16(3,4)11-17/h5-8,12,15,18H,9-11H2,1-4H3. The second kappa shape index (κ2) is 5.41. The fraction of sp³-hybridized carbons (Fsp3) is 0.625. The van der Waals surface area contributed by atoms with Crippen molar-refractivity contribution in [3.05, 3.63) is 24.3 Å².